The van der Waals surface area contributed by atoms with Crippen LogP contribution >= 0.6 is 15.9 Å². The summed E-state index contributed by atoms with van der Waals surface area (Å²) in [5.41, 5.74) is 2.97. The van der Waals surface area contributed by atoms with Crippen molar-refractivity contribution in [2.45, 2.75) is 31.2 Å². The van der Waals surface area contributed by atoms with E-state index in [1.807, 2.05) is 32.0 Å². The van der Waals surface area contributed by atoms with E-state index in [9.17, 15) is 9.59 Å². The van der Waals surface area contributed by atoms with E-state index < -0.39 is 0 Å². The van der Waals surface area contributed by atoms with Crippen molar-refractivity contribution in [1.29, 1.82) is 0 Å². The van der Waals surface area contributed by atoms with Gasteiger partial charge in [0.05, 0.1) is 16.7 Å². The number of hydrogen-bond acceptors (Lipinski definition) is 3. The van der Waals surface area contributed by atoms with E-state index in [2.05, 4.69) is 21.2 Å². The minimum Gasteiger partial charge on any atom is -0.461 e. The van der Waals surface area contributed by atoms with Crippen LogP contribution in [0.5, 0.6) is 0 Å². The van der Waals surface area contributed by atoms with Gasteiger partial charge in [0.15, 0.2) is 0 Å². The number of fused-ring (bicyclic) bond motifs is 1. The van der Waals surface area contributed by atoms with E-state index in [-0.39, 0.29) is 46.5 Å². The highest BCUT2D eigenvalue weighted by molar-refractivity contribution is 9.09. The number of aryl methyl sites for hydroxylation is 2. The SMILES string of the molecule is Cc1ccc(C)c(NC(=O)C2C3CC4C(OC(=O)C42)C3Br)c1. The summed E-state index contributed by atoms with van der Waals surface area (Å²) in [5, 5.41) is 3.03. The summed E-state index contributed by atoms with van der Waals surface area (Å²) in [4.78, 5) is 25.0. The predicted octanol–water partition coefficient (Wildman–Crippen LogP) is 2.81. The largest absolute Gasteiger partial charge is 0.461 e. The highest BCUT2D eigenvalue weighted by Gasteiger charge is 2.67. The Kier molecular flexibility index (Phi) is 3.12. The van der Waals surface area contributed by atoms with Gasteiger partial charge < -0.3 is 10.1 Å². The zero-order chi connectivity index (χ0) is 15.6. The first-order chi connectivity index (χ1) is 10.5. The molecule has 4 rings (SSSR count). The van der Waals surface area contributed by atoms with Gasteiger partial charge in [-0.15, -0.1) is 0 Å². The molecule has 116 valence electrons. The molecular weight excluding hydrogens is 346 g/mol. The fourth-order valence-corrected chi connectivity index (χ4v) is 5.46. The maximum absolute atomic E-state index is 12.8. The molecule has 1 amide bonds. The molecule has 0 spiro atoms. The molecule has 3 aliphatic rings. The number of esters is 1. The van der Waals surface area contributed by atoms with Crippen molar-refractivity contribution in [3.63, 3.8) is 0 Å². The van der Waals surface area contributed by atoms with Gasteiger partial charge in [-0.25, -0.2) is 0 Å². The van der Waals surface area contributed by atoms with Gasteiger partial charge in [-0.05, 0) is 43.4 Å². The van der Waals surface area contributed by atoms with Crippen LogP contribution in [0.2, 0.25) is 0 Å². The Bertz CT molecular complexity index is 674. The van der Waals surface area contributed by atoms with Gasteiger partial charge in [0.2, 0.25) is 5.91 Å². The van der Waals surface area contributed by atoms with Crippen LogP contribution in [0, 0.1) is 37.5 Å². The van der Waals surface area contributed by atoms with Crippen LogP contribution in [0.15, 0.2) is 18.2 Å². The second kappa shape index (κ2) is 4.82. The van der Waals surface area contributed by atoms with Crippen molar-refractivity contribution in [2.75, 3.05) is 5.32 Å². The van der Waals surface area contributed by atoms with Gasteiger partial charge in [-0.2, -0.15) is 0 Å². The zero-order valence-corrected chi connectivity index (χ0v) is 14.1. The molecule has 1 heterocycles. The van der Waals surface area contributed by atoms with Crippen molar-refractivity contribution in [2.24, 2.45) is 23.7 Å². The summed E-state index contributed by atoms with van der Waals surface area (Å²) >= 11 is 3.64. The fourth-order valence-electron chi connectivity index (χ4n) is 4.42. The fraction of sp³-hybridized carbons (Fsp3) is 0.529. The summed E-state index contributed by atoms with van der Waals surface area (Å²) in [6.45, 7) is 3.98. The number of alkyl halides is 1. The Labute approximate surface area is 137 Å². The zero-order valence-electron chi connectivity index (χ0n) is 12.5. The van der Waals surface area contributed by atoms with E-state index in [1.54, 1.807) is 0 Å². The van der Waals surface area contributed by atoms with Crippen LogP contribution in [-0.4, -0.2) is 22.8 Å². The predicted molar refractivity (Wildman–Crippen MR) is 85.7 cm³/mol. The maximum Gasteiger partial charge on any atom is 0.310 e. The van der Waals surface area contributed by atoms with E-state index >= 15 is 0 Å². The Hall–Kier alpha value is -1.36. The summed E-state index contributed by atoms with van der Waals surface area (Å²) in [5.74, 6) is -0.379. The minimum absolute atomic E-state index is 0.0349. The van der Waals surface area contributed by atoms with Crippen LogP contribution in [0.25, 0.3) is 0 Å². The lowest BCUT2D eigenvalue weighted by molar-refractivity contribution is -0.145. The van der Waals surface area contributed by atoms with Crippen LogP contribution in [0.3, 0.4) is 0 Å². The number of amides is 1. The molecule has 4 nitrogen and oxygen atoms in total. The van der Waals surface area contributed by atoms with Gasteiger partial charge in [-0.3, -0.25) is 9.59 Å². The van der Waals surface area contributed by atoms with Crippen molar-refractivity contribution >= 4 is 33.5 Å². The lowest BCUT2D eigenvalue weighted by atomic mass is 9.79. The average Bonchev–Trinajstić information content (AvgIpc) is 3.07. The Morgan fingerprint density at radius 1 is 1.32 bits per heavy atom. The second-order valence-corrected chi connectivity index (χ2v) is 7.83. The Morgan fingerprint density at radius 2 is 2.09 bits per heavy atom. The number of ether oxygens (including phenoxy) is 1. The number of benzene rings is 1. The molecule has 3 fully saturated rings. The third-order valence-electron chi connectivity index (χ3n) is 5.48. The highest BCUT2D eigenvalue weighted by Crippen LogP contribution is 2.60. The molecular formula is C17H18BrNO3. The molecule has 1 saturated heterocycles. The van der Waals surface area contributed by atoms with Gasteiger partial charge in [-0.1, -0.05) is 28.1 Å². The van der Waals surface area contributed by atoms with Gasteiger partial charge in [0, 0.05) is 11.6 Å². The third-order valence-corrected chi connectivity index (χ3v) is 6.68. The second-order valence-electron chi connectivity index (χ2n) is 6.77. The third kappa shape index (κ3) is 1.87. The monoisotopic (exact) mass is 363 g/mol. The van der Waals surface area contributed by atoms with Gasteiger partial charge >= 0.3 is 5.97 Å². The molecule has 2 saturated carbocycles. The van der Waals surface area contributed by atoms with Crippen LogP contribution in [0.1, 0.15) is 17.5 Å². The molecule has 1 aromatic rings. The molecule has 0 aromatic heterocycles. The summed E-state index contributed by atoms with van der Waals surface area (Å²) < 4.78 is 5.46. The molecule has 6 atom stereocenters. The van der Waals surface area contributed by atoms with E-state index in [0.29, 0.717) is 0 Å². The van der Waals surface area contributed by atoms with Crippen molar-refractivity contribution in [1.82, 2.24) is 0 Å². The van der Waals surface area contributed by atoms with Crippen LogP contribution < -0.4 is 5.32 Å². The summed E-state index contributed by atoms with van der Waals surface area (Å²) in [6, 6.07) is 6.00. The molecule has 2 bridgehead atoms. The lowest BCUT2D eigenvalue weighted by Crippen LogP contribution is -2.40. The number of carbonyl (C=O) groups excluding carboxylic acids is 2. The Morgan fingerprint density at radius 3 is 2.86 bits per heavy atom. The first-order valence-electron chi connectivity index (χ1n) is 7.70. The number of halogens is 1. The van der Waals surface area contributed by atoms with Crippen molar-refractivity contribution in [3.8, 4) is 0 Å². The number of anilines is 1. The molecule has 5 heteroatoms. The van der Waals surface area contributed by atoms with Crippen molar-refractivity contribution < 1.29 is 14.3 Å². The molecule has 1 aromatic carbocycles. The maximum atomic E-state index is 12.8. The summed E-state index contributed by atoms with van der Waals surface area (Å²) in [7, 11) is 0. The smallest absolute Gasteiger partial charge is 0.310 e. The first kappa shape index (κ1) is 14.2. The van der Waals surface area contributed by atoms with Crippen molar-refractivity contribution in [3.05, 3.63) is 29.3 Å². The number of nitrogens with one attached hydrogen (secondary N) is 1. The van der Waals surface area contributed by atoms with Gasteiger partial charge in [0.25, 0.3) is 0 Å². The van der Waals surface area contributed by atoms with Gasteiger partial charge in [0.1, 0.15) is 6.10 Å². The van der Waals surface area contributed by atoms with Crippen LogP contribution in [0.4, 0.5) is 5.69 Å². The number of carbonyl (C=O) groups is 2. The standard InChI is InChI=1S/C17H18BrNO3/c1-7-3-4-8(2)11(5-7)19-16(20)12-9-6-10-13(12)17(21)22-15(10)14(9)18/h3-5,9-10,12-15H,6H2,1-2H3,(H,19,20). The quantitative estimate of drug-likeness (QED) is 0.649. The Balaban J connectivity index is 1.61. The number of hydrogen-bond donors (Lipinski definition) is 1. The van der Waals surface area contributed by atoms with Crippen LogP contribution in [-0.2, 0) is 14.3 Å². The molecule has 1 aliphatic heterocycles. The minimum atomic E-state index is -0.277. The molecule has 22 heavy (non-hydrogen) atoms. The lowest BCUT2D eigenvalue weighted by Gasteiger charge is -2.27. The topological polar surface area (TPSA) is 55.4 Å². The molecule has 1 N–H and O–H groups in total. The molecule has 6 unspecified atom stereocenters. The molecule has 2 aliphatic carbocycles. The number of rotatable bonds is 2. The molecule has 0 radical (unpaired) electrons. The van der Waals surface area contributed by atoms with E-state index in [4.69, 9.17) is 4.74 Å². The van der Waals surface area contributed by atoms with E-state index in [0.717, 1.165) is 23.2 Å². The first-order valence-corrected chi connectivity index (χ1v) is 8.61. The summed E-state index contributed by atoms with van der Waals surface area (Å²) in [6.07, 6.45) is 0.870. The highest BCUT2D eigenvalue weighted by atomic mass is 79.9. The van der Waals surface area contributed by atoms with E-state index in [1.165, 1.54) is 0 Å². The average molecular weight is 364 g/mol. The normalized spacial score (nSPS) is 38.2.